The summed E-state index contributed by atoms with van der Waals surface area (Å²) >= 11 is 0. The van der Waals surface area contributed by atoms with Gasteiger partial charge < -0.3 is 20.7 Å². The van der Waals surface area contributed by atoms with Crippen LogP contribution in [0.1, 0.15) is 65.7 Å². The predicted molar refractivity (Wildman–Crippen MR) is 126 cm³/mol. The number of Topliss-reactive ketones (excluding diaryl/α,β-unsaturated/α-hetero) is 1. The number of alkyl carbamates (subject to hydrolysis) is 1. The van der Waals surface area contributed by atoms with E-state index in [0.717, 1.165) is 25.7 Å². The number of ether oxygens (including phenoxy) is 1. The molecule has 0 saturated heterocycles. The van der Waals surface area contributed by atoms with E-state index in [0.29, 0.717) is 6.42 Å². The molecular formula is C24H36FN5O5. The van der Waals surface area contributed by atoms with Crippen LogP contribution in [-0.2, 0) is 26.2 Å². The number of aromatic nitrogens is 2. The molecule has 2 aliphatic carbocycles. The molecule has 2 fully saturated rings. The maximum Gasteiger partial charge on any atom is 0.407 e. The molecular weight excluding hydrogens is 457 g/mol. The number of halogens is 1. The first-order chi connectivity index (χ1) is 16.4. The molecule has 1 aromatic heterocycles. The third-order valence-electron chi connectivity index (χ3n) is 6.76. The Kier molecular flexibility index (Phi) is 8.17. The number of nitrogens with one attached hydrogen (secondary N) is 3. The molecule has 3 rings (SSSR count). The van der Waals surface area contributed by atoms with Crippen LogP contribution in [0.3, 0.4) is 0 Å². The Balaban J connectivity index is 1.73. The number of carbonyl (C=O) groups excluding carboxylic acids is 4. The SMILES string of the molecule is CC(C)COC(=O)N[C@@H](CC1(C)CCCC1)C(=O)NC1(C(=O)C(=O)Nc2ccn(C)n2)CC(F)C1. The van der Waals surface area contributed by atoms with Gasteiger partial charge in [0.25, 0.3) is 5.91 Å². The van der Waals surface area contributed by atoms with Gasteiger partial charge in [-0.3, -0.25) is 19.1 Å². The van der Waals surface area contributed by atoms with Crippen LogP contribution >= 0.6 is 0 Å². The van der Waals surface area contributed by atoms with E-state index in [-0.39, 0.29) is 36.6 Å². The summed E-state index contributed by atoms with van der Waals surface area (Å²) in [6.07, 6.45) is 3.14. The summed E-state index contributed by atoms with van der Waals surface area (Å²) in [6.45, 7) is 6.04. The van der Waals surface area contributed by atoms with Gasteiger partial charge >= 0.3 is 6.09 Å². The second-order valence-corrected chi connectivity index (χ2v) is 10.6. The lowest BCUT2D eigenvalue weighted by Crippen LogP contribution is -2.68. The zero-order chi connectivity index (χ0) is 25.8. The standard InChI is InChI=1S/C24H36FN5O5/c1-15(2)14-35-22(34)26-17(13-23(3)8-5-6-9-23)20(32)28-24(11-16(25)12-24)19(31)21(33)27-18-7-10-30(4)29-18/h7,10,15-17H,5-6,8-9,11-14H2,1-4H3,(H,26,34)(H,28,32)(H,27,29,33)/t16?,17-,24?/m0/s1. The second-order valence-electron chi connectivity index (χ2n) is 10.6. The highest BCUT2D eigenvalue weighted by Gasteiger charge is 2.54. The van der Waals surface area contributed by atoms with E-state index < -0.39 is 41.4 Å². The van der Waals surface area contributed by atoms with Crippen LogP contribution in [0.5, 0.6) is 0 Å². The number of hydrogen-bond donors (Lipinski definition) is 3. The molecule has 1 aromatic rings. The van der Waals surface area contributed by atoms with Crippen molar-refractivity contribution in [2.45, 2.75) is 83.5 Å². The number of hydrogen-bond acceptors (Lipinski definition) is 6. The Hall–Kier alpha value is -2.98. The Morgan fingerprint density at radius 2 is 1.89 bits per heavy atom. The largest absolute Gasteiger partial charge is 0.449 e. The summed E-state index contributed by atoms with van der Waals surface area (Å²) in [7, 11) is 1.66. The minimum Gasteiger partial charge on any atom is -0.449 e. The van der Waals surface area contributed by atoms with E-state index in [9.17, 15) is 23.6 Å². The van der Waals surface area contributed by atoms with Crippen molar-refractivity contribution in [3.05, 3.63) is 12.3 Å². The third-order valence-corrected chi connectivity index (χ3v) is 6.76. The highest BCUT2D eigenvalue weighted by atomic mass is 19.1. The summed E-state index contributed by atoms with van der Waals surface area (Å²) in [4.78, 5) is 51.4. The normalized spacial score (nSPS) is 23.8. The fourth-order valence-electron chi connectivity index (χ4n) is 4.80. The summed E-state index contributed by atoms with van der Waals surface area (Å²) in [5.41, 5.74) is -1.84. The van der Waals surface area contributed by atoms with Gasteiger partial charge in [0.1, 0.15) is 17.8 Å². The first-order valence-corrected chi connectivity index (χ1v) is 12.2. The molecule has 10 nitrogen and oxygen atoms in total. The lowest BCUT2D eigenvalue weighted by Gasteiger charge is -2.43. The predicted octanol–water partition coefficient (Wildman–Crippen LogP) is 2.64. The zero-order valence-corrected chi connectivity index (χ0v) is 20.9. The van der Waals surface area contributed by atoms with Crippen LogP contribution in [0.15, 0.2) is 12.3 Å². The van der Waals surface area contributed by atoms with Gasteiger partial charge in [-0.25, -0.2) is 9.18 Å². The molecule has 1 heterocycles. The van der Waals surface area contributed by atoms with Crippen LogP contribution in [0.25, 0.3) is 0 Å². The average molecular weight is 494 g/mol. The molecule has 2 aliphatic rings. The van der Waals surface area contributed by atoms with Gasteiger partial charge in [-0.2, -0.15) is 5.10 Å². The van der Waals surface area contributed by atoms with Crippen molar-refractivity contribution in [1.82, 2.24) is 20.4 Å². The topological polar surface area (TPSA) is 131 Å². The molecule has 11 heteroatoms. The van der Waals surface area contributed by atoms with Gasteiger partial charge in [-0.15, -0.1) is 0 Å². The van der Waals surface area contributed by atoms with Crippen molar-refractivity contribution in [3.8, 4) is 0 Å². The lowest BCUT2D eigenvalue weighted by atomic mass is 9.71. The maximum absolute atomic E-state index is 14.0. The van der Waals surface area contributed by atoms with Crippen molar-refractivity contribution in [3.63, 3.8) is 0 Å². The summed E-state index contributed by atoms with van der Waals surface area (Å²) < 4.78 is 20.6. The van der Waals surface area contributed by atoms with Gasteiger partial charge in [-0.05, 0) is 30.6 Å². The number of amides is 3. The fraction of sp³-hybridized carbons (Fsp3) is 0.708. The summed E-state index contributed by atoms with van der Waals surface area (Å²) in [5.74, 6) is -2.27. The van der Waals surface area contributed by atoms with E-state index in [4.69, 9.17) is 4.74 Å². The smallest absolute Gasteiger partial charge is 0.407 e. The second kappa shape index (κ2) is 10.7. The molecule has 0 spiro atoms. The number of rotatable bonds is 10. The Labute approximate surface area is 204 Å². The summed E-state index contributed by atoms with van der Waals surface area (Å²) in [6, 6.07) is 0.528. The highest BCUT2D eigenvalue weighted by molar-refractivity contribution is 6.44. The van der Waals surface area contributed by atoms with Crippen molar-refractivity contribution < 1.29 is 28.3 Å². The van der Waals surface area contributed by atoms with Crippen LogP contribution in [0.2, 0.25) is 0 Å². The number of carbonyl (C=O) groups is 4. The van der Waals surface area contributed by atoms with Crippen molar-refractivity contribution in [2.75, 3.05) is 11.9 Å². The summed E-state index contributed by atoms with van der Waals surface area (Å²) in [5, 5.41) is 11.6. The van der Waals surface area contributed by atoms with Gasteiger partial charge in [0.05, 0.1) is 6.61 Å². The third kappa shape index (κ3) is 6.79. The van der Waals surface area contributed by atoms with E-state index >= 15 is 0 Å². The molecule has 1 atom stereocenters. The minimum atomic E-state index is -1.67. The zero-order valence-electron chi connectivity index (χ0n) is 20.9. The fourth-order valence-corrected chi connectivity index (χ4v) is 4.80. The van der Waals surface area contributed by atoms with Gasteiger partial charge in [0, 0.05) is 32.2 Å². The average Bonchev–Trinajstić information content (AvgIpc) is 3.37. The lowest BCUT2D eigenvalue weighted by molar-refractivity contribution is -0.146. The quantitative estimate of drug-likeness (QED) is 0.430. The molecule has 2 saturated carbocycles. The molecule has 0 aromatic carbocycles. The molecule has 0 unspecified atom stereocenters. The van der Waals surface area contributed by atoms with Gasteiger partial charge in [0.15, 0.2) is 5.82 Å². The number of ketones is 1. The monoisotopic (exact) mass is 493 g/mol. The van der Waals surface area contributed by atoms with Gasteiger partial charge in [-0.1, -0.05) is 33.6 Å². The van der Waals surface area contributed by atoms with Crippen molar-refractivity contribution in [2.24, 2.45) is 18.4 Å². The number of aryl methyl sites for hydroxylation is 1. The molecule has 3 amide bonds. The van der Waals surface area contributed by atoms with Crippen molar-refractivity contribution >= 4 is 29.5 Å². The molecule has 0 bridgehead atoms. The Morgan fingerprint density at radius 1 is 1.23 bits per heavy atom. The molecule has 0 radical (unpaired) electrons. The minimum absolute atomic E-state index is 0.121. The van der Waals surface area contributed by atoms with Crippen LogP contribution in [0, 0.1) is 11.3 Å². The molecule has 35 heavy (non-hydrogen) atoms. The van der Waals surface area contributed by atoms with Crippen LogP contribution < -0.4 is 16.0 Å². The van der Waals surface area contributed by atoms with E-state index in [1.165, 1.54) is 10.7 Å². The number of alkyl halides is 1. The number of anilines is 1. The van der Waals surface area contributed by atoms with E-state index in [1.54, 1.807) is 13.2 Å². The maximum atomic E-state index is 14.0. The first-order valence-electron chi connectivity index (χ1n) is 12.2. The van der Waals surface area contributed by atoms with Gasteiger partial charge in [0.2, 0.25) is 11.7 Å². The van der Waals surface area contributed by atoms with E-state index in [1.807, 2.05) is 13.8 Å². The molecule has 0 aliphatic heterocycles. The molecule has 3 N–H and O–H groups in total. The molecule has 194 valence electrons. The van der Waals surface area contributed by atoms with Crippen LogP contribution in [0.4, 0.5) is 15.0 Å². The van der Waals surface area contributed by atoms with Crippen molar-refractivity contribution in [1.29, 1.82) is 0 Å². The van der Waals surface area contributed by atoms with Crippen LogP contribution in [-0.4, -0.2) is 57.8 Å². The van der Waals surface area contributed by atoms with E-state index in [2.05, 4.69) is 28.0 Å². The Bertz CT molecular complexity index is 950. The Morgan fingerprint density at radius 3 is 2.43 bits per heavy atom. The first kappa shape index (κ1) is 26.6. The number of nitrogens with zero attached hydrogens (tertiary/aromatic N) is 2. The highest BCUT2D eigenvalue weighted by Crippen LogP contribution is 2.42.